The normalized spacial score (nSPS) is 14.7. The first-order chi connectivity index (χ1) is 14.6. The maximum Gasteiger partial charge on any atom is 0.203 e. The van der Waals surface area contributed by atoms with E-state index >= 15 is 0 Å². The number of nitrogens with zero attached hydrogens (tertiary/aromatic N) is 6. The van der Waals surface area contributed by atoms with Crippen LogP contribution in [-0.4, -0.2) is 85.1 Å². The summed E-state index contributed by atoms with van der Waals surface area (Å²) in [5, 5.41) is 7.47. The fourth-order valence-corrected chi connectivity index (χ4v) is 3.57. The second-order valence-electron chi connectivity index (χ2n) is 7.00. The Kier molecular flexibility index (Phi) is 9.62. The Bertz CT molecular complexity index is 841. The van der Waals surface area contributed by atoms with Crippen molar-refractivity contribution in [1.29, 1.82) is 0 Å². The largest absolute Gasteiger partial charge is 0.493 e. The Morgan fingerprint density at radius 2 is 1.71 bits per heavy atom. The zero-order chi connectivity index (χ0) is 21.5. The highest BCUT2D eigenvalue weighted by Crippen LogP contribution is 2.38. The van der Waals surface area contributed by atoms with Crippen LogP contribution in [0.4, 0.5) is 0 Å². The Morgan fingerprint density at radius 3 is 2.19 bits per heavy atom. The quantitative estimate of drug-likeness (QED) is 0.317. The summed E-state index contributed by atoms with van der Waals surface area (Å²) >= 11 is 0. The van der Waals surface area contributed by atoms with Gasteiger partial charge in [-0.15, -0.1) is 24.0 Å². The minimum atomic E-state index is 0. The number of guanidine groups is 1. The van der Waals surface area contributed by atoms with Crippen molar-refractivity contribution in [1.82, 2.24) is 29.9 Å². The van der Waals surface area contributed by atoms with Crippen LogP contribution in [0.1, 0.15) is 11.4 Å². The number of ether oxygens (including phenoxy) is 3. The zero-order valence-electron chi connectivity index (χ0n) is 18.8. The van der Waals surface area contributed by atoms with Crippen molar-refractivity contribution in [2.24, 2.45) is 12.0 Å². The summed E-state index contributed by atoms with van der Waals surface area (Å²) in [4.78, 5) is 13.3. The lowest BCUT2D eigenvalue weighted by Crippen LogP contribution is -2.52. The number of hydrogen-bond acceptors (Lipinski definition) is 7. The predicted octanol–water partition coefficient (Wildman–Crippen LogP) is 1.35. The second-order valence-corrected chi connectivity index (χ2v) is 7.00. The van der Waals surface area contributed by atoms with Gasteiger partial charge in [-0.25, -0.2) is 4.98 Å². The van der Waals surface area contributed by atoms with Crippen LogP contribution in [0.2, 0.25) is 0 Å². The number of piperazine rings is 1. The molecule has 0 amide bonds. The van der Waals surface area contributed by atoms with Gasteiger partial charge < -0.3 is 24.4 Å². The molecule has 0 atom stereocenters. The Labute approximate surface area is 200 Å². The Morgan fingerprint density at radius 1 is 1.06 bits per heavy atom. The molecule has 172 valence electrons. The molecule has 0 unspecified atom stereocenters. The number of aromatic nitrogens is 3. The van der Waals surface area contributed by atoms with Crippen molar-refractivity contribution in [2.45, 2.75) is 13.1 Å². The molecule has 11 heteroatoms. The van der Waals surface area contributed by atoms with E-state index in [0.717, 1.165) is 50.1 Å². The van der Waals surface area contributed by atoms with E-state index < -0.39 is 0 Å². The fraction of sp³-hybridized carbons (Fsp3) is 0.550. The third-order valence-corrected chi connectivity index (χ3v) is 5.22. The zero-order valence-corrected chi connectivity index (χ0v) is 21.1. The van der Waals surface area contributed by atoms with Crippen molar-refractivity contribution < 1.29 is 14.2 Å². The smallest absolute Gasteiger partial charge is 0.203 e. The van der Waals surface area contributed by atoms with E-state index in [2.05, 4.69) is 30.2 Å². The third kappa shape index (κ3) is 6.12. The predicted molar refractivity (Wildman–Crippen MR) is 130 cm³/mol. The van der Waals surface area contributed by atoms with Gasteiger partial charge in [0.25, 0.3) is 0 Å². The van der Waals surface area contributed by atoms with Gasteiger partial charge in [-0.05, 0) is 17.7 Å². The van der Waals surface area contributed by atoms with Gasteiger partial charge >= 0.3 is 0 Å². The van der Waals surface area contributed by atoms with E-state index in [4.69, 9.17) is 14.2 Å². The number of rotatable bonds is 7. The van der Waals surface area contributed by atoms with Gasteiger partial charge in [-0.3, -0.25) is 14.6 Å². The molecule has 1 fully saturated rings. The first kappa shape index (κ1) is 25.0. The van der Waals surface area contributed by atoms with Crippen LogP contribution < -0.4 is 19.5 Å². The van der Waals surface area contributed by atoms with Crippen molar-refractivity contribution in [3.63, 3.8) is 0 Å². The molecule has 0 saturated carbocycles. The molecule has 1 aromatic heterocycles. The SMILES string of the molecule is CN=C(NCc1ncnn1C)N1CCN(Cc2cc(OC)c(OC)c(OC)c2)CC1.I. The van der Waals surface area contributed by atoms with Crippen LogP contribution in [0.15, 0.2) is 23.5 Å². The first-order valence-electron chi connectivity index (χ1n) is 9.89. The maximum absolute atomic E-state index is 5.47. The van der Waals surface area contributed by atoms with Crippen molar-refractivity contribution in [3.05, 3.63) is 29.8 Å². The van der Waals surface area contributed by atoms with Gasteiger partial charge in [0.1, 0.15) is 12.2 Å². The molecule has 2 aromatic rings. The van der Waals surface area contributed by atoms with E-state index in [0.29, 0.717) is 23.8 Å². The molecule has 1 aliphatic heterocycles. The molecule has 1 aromatic carbocycles. The van der Waals surface area contributed by atoms with Gasteiger partial charge in [0, 0.05) is 46.8 Å². The van der Waals surface area contributed by atoms with Gasteiger partial charge in [-0.1, -0.05) is 0 Å². The van der Waals surface area contributed by atoms with E-state index in [9.17, 15) is 0 Å². The lowest BCUT2D eigenvalue weighted by Gasteiger charge is -2.36. The molecular weight excluding hydrogens is 513 g/mol. The average molecular weight is 545 g/mol. The van der Waals surface area contributed by atoms with Crippen LogP contribution in [0.25, 0.3) is 0 Å². The highest BCUT2D eigenvalue weighted by atomic mass is 127. The van der Waals surface area contributed by atoms with Crippen molar-refractivity contribution in [2.75, 3.05) is 54.6 Å². The molecule has 0 radical (unpaired) electrons. The summed E-state index contributed by atoms with van der Waals surface area (Å²) < 4.78 is 18.1. The van der Waals surface area contributed by atoms with E-state index in [1.807, 2.05) is 19.2 Å². The summed E-state index contributed by atoms with van der Waals surface area (Å²) in [6.07, 6.45) is 1.56. The van der Waals surface area contributed by atoms with Gasteiger partial charge in [-0.2, -0.15) is 5.10 Å². The molecule has 0 spiro atoms. The molecule has 1 aliphatic rings. The lowest BCUT2D eigenvalue weighted by atomic mass is 10.1. The fourth-order valence-electron chi connectivity index (χ4n) is 3.57. The van der Waals surface area contributed by atoms with Crippen LogP contribution >= 0.6 is 24.0 Å². The highest BCUT2D eigenvalue weighted by Gasteiger charge is 2.21. The summed E-state index contributed by atoms with van der Waals surface area (Å²) in [5.74, 6) is 3.73. The molecule has 3 rings (SSSR count). The topological polar surface area (TPSA) is 89.3 Å². The monoisotopic (exact) mass is 545 g/mol. The standard InChI is InChI=1S/C20H31N7O3.HI/c1-21-20(22-12-18-23-14-24-25(18)2)27-8-6-26(7-9-27)13-15-10-16(28-3)19(30-5)17(11-15)29-4;/h10-11,14H,6-9,12-13H2,1-5H3,(H,21,22);1H. The van der Waals surface area contributed by atoms with Crippen LogP contribution in [0.5, 0.6) is 17.2 Å². The number of hydrogen-bond donors (Lipinski definition) is 1. The Balaban J connectivity index is 0.00000341. The minimum absolute atomic E-state index is 0. The summed E-state index contributed by atoms with van der Waals surface area (Å²) in [5.41, 5.74) is 1.13. The van der Waals surface area contributed by atoms with Crippen molar-refractivity contribution in [3.8, 4) is 17.2 Å². The van der Waals surface area contributed by atoms with Gasteiger partial charge in [0.05, 0.1) is 27.9 Å². The number of benzene rings is 1. The van der Waals surface area contributed by atoms with Gasteiger partial charge in [0.2, 0.25) is 5.75 Å². The molecule has 10 nitrogen and oxygen atoms in total. The van der Waals surface area contributed by atoms with Crippen LogP contribution in [0.3, 0.4) is 0 Å². The molecule has 1 saturated heterocycles. The van der Waals surface area contributed by atoms with E-state index in [1.165, 1.54) is 0 Å². The van der Waals surface area contributed by atoms with Crippen LogP contribution in [-0.2, 0) is 20.1 Å². The maximum atomic E-state index is 5.47. The number of nitrogens with one attached hydrogen (secondary N) is 1. The lowest BCUT2D eigenvalue weighted by molar-refractivity contribution is 0.172. The highest BCUT2D eigenvalue weighted by molar-refractivity contribution is 14.0. The molecule has 31 heavy (non-hydrogen) atoms. The molecular formula is C20H32IN7O3. The first-order valence-corrected chi connectivity index (χ1v) is 9.89. The molecule has 0 aliphatic carbocycles. The third-order valence-electron chi connectivity index (χ3n) is 5.22. The number of halogens is 1. The average Bonchev–Trinajstić information content (AvgIpc) is 3.19. The van der Waals surface area contributed by atoms with Crippen molar-refractivity contribution >= 4 is 29.9 Å². The molecule has 0 bridgehead atoms. The van der Waals surface area contributed by atoms with Crippen LogP contribution in [0, 0.1) is 0 Å². The second kappa shape index (κ2) is 11.9. The number of methoxy groups -OCH3 is 3. The summed E-state index contributed by atoms with van der Waals surface area (Å²) in [6.45, 7) is 5.05. The number of aliphatic imine (C=N–C) groups is 1. The minimum Gasteiger partial charge on any atom is -0.493 e. The van der Waals surface area contributed by atoms with Gasteiger partial charge in [0.15, 0.2) is 17.5 Å². The Hall–Kier alpha value is -2.28. The number of aryl methyl sites for hydroxylation is 1. The summed E-state index contributed by atoms with van der Waals surface area (Å²) in [6, 6.07) is 4.02. The molecule has 2 heterocycles. The van der Waals surface area contributed by atoms with E-state index in [1.54, 1.807) is 39.4 Å². The summed E-state index contributed by atoms with van der Waals surface area (Å²) in [7, 11) is 8.58. The van der Waals surface area contributed by atoms with E-state index in [-0.39, 0.29) is 24.0 Å². The molecule has 1 N–H and O–H groups in total.